The second-order valence-electron chi connectivity index (χ2n) is 5.74. The van der Waals surface area contributed by atoms with E-state index >= 15 is 0 Å². The number of nitrogens with zero attached hydrogens (tertiary/aromatic N) is 3. The van der Waals surface area contributed by atoms with Crippen LogP contribution in [0.4, 0.5) is 5.82 Å². The van der Waals surface area contributed by atoms with Crippen LogP contribution in [0.3, 0.4) is 0 Å². The molecule has 0 saturated heterocycles. The molecule has 1 heterocycles. The molecule has 1 amide bonds. The molecule has 0 radical (unpaired) electrons. The average Bonchev–Trinajstić information content (AvgIpc) is 2.59. The Balaban J connectivity index is 1.93. The monoisotopic (exact) mass is 313 g/mol. The fraction of sp³-hybridized carbons (Fsp3) is 0.333. The summed E-state index contributed by atoms with van der Waals surface area (Å²) in [6, 6.07) is 13.2. The molecule has 5 heteroatoms. The topological polar surface area (TPSA) is 56.7 Å². The van der Waals surface area contributed by atoms with Crippen LogP contribution in [0.1, 0.15) is 28.4 Å². The molecule has 0 bridgehead atoms. The summed E-state index contributed by atoms with van der Waals surface area (Å²) in [6.07, 6.45) is 1.70. The lowest BCUT2D eigenvalue weighted by Crippen LogP contribution is -2.23. The summed E-state index contributed by atoms with van der Waals surface area (Å²) in [4.78, 5) is 19.7. The fourth-order valence-corrected chi connectivity index (χ4v) is 2.27. The van der Waals surface area contributed by atoms with E-state index < -0.39 is 6.10 Å². The average molecular weight is 313 g/mol. The van der Waals surface area contributed by atoms with Crippen LogP contribution in [-0.4, -0.2) is 48.6 Å². The molecule has 1 aromatic carbocycles. The number of hydrogen-bond acceptors (Lipinski definition) is 4. The van der Waals surface area contributed by atoms with Gasteiger partial charge < -0.3 is 14.9 Å². The maximum atomic E-state index is 11.8. The zero-order valence-electron chi connectivity index (χ0n) is 13.8. The number of benzene rings is 1. The number of aliphatic hydroxyl groups excluding tert-OH is 1. The molecular weight excluding hydrogens is 290 g/mol. The van der Waals surface area contributed by atoms with Gasteiger partial charge in [-0.15, -0.1) is 0 Å². The zero-order chi connectivity index (χ0) is 16.8. The minimum Gasteiger partial charge on any atom is -0.388 e. The molecule has 2 rings (SSSR count). The highest BCUT2D eigenvalue weighted by Gasteiger charge is 2.11. The predicted octanol–water partition coefficient (Wildman–Crippen LogP) is 2.34. The van der Waals surface area contributed by atoms with Crippen LogP contribution in [0.5, 0.6) is 0 Å². The second-order valence-corrected chi connectivity index (χ2v) is 5.74. The zero-order valence-corrected chi connectivity index (χ0v) is 13.8. The Morgan fingerprint density at radius 3 is 2.39 bits per heavy atom. The largest absolute Gasteiger partial charge is 0.388 e. The minimum atomic E-state index is -0.492. The van der Waals surface area contributed by atoms with E-state index in [1.165, 1.54) is 4.90 Å². The van der Waals surface area contributed by atoms with Crippen LogP contribution in [0.15, 0.2) is 48.7 Å². The Hall–Kier alpha value is -2.40. The third-order valence-electron chi connectivity index (χ3n) is 3.71. The maximum absolute atomic E-state index is 11.8. The third-order valence-corrected chi connectivity index (χ3v) is 3.71. The third kappa shape index (κ3) is 4.53. The smallest absolute Gasteiger partial charge is 0.254 e. The lowest BCUT2D eigenvalue weighted by Gasteiger charge is -2.20. The normalized spacial score (nSPS) is 11.8. The highest BCUT2D eigenvalue weighted by molar-refractivity contribution is 5.93. The number of aliphatic hydroxyl groups is 1. The van der Waals surface area contributed by atoms with Gasteiger partial charge in [-0.2, -0.15) is 0 Å². The molecule has 1 unspecified atom stereocenters. The van der Waals surface area contributed by atoms with Gasteiger partial charge in [0.05, 0.1) is 11.7 Å². The Morgan fingerprint density at radius 2 is 1.83 bits per heavy atom. The molecule has 0 aliphatic heterocycles. The molecule has 0 spiro atoms. The molecule has 1 atom stereocenters. The number of carbonyl (C=O) groups excluding carboxylic acids is 1. The first-order valence-electron chi connectivity index (χ1n) is 7.61. The Morgan fingerprint density at radius 1 is 1.13 bits per heavy atom. The van der Waals surface area contributed by atoms with Gasteiger partial charge in [0.25, 0.3) is 5.91 Å². The highest BCUT2D eigenvalue weighted by Crippen LogP contribution is 2.18. The fourth-order valence-electron chi connectivity index (χ4n) is 2.27. The van der Waals surface area contributed by atoms with Gasteiger partial charge in [0.1, 0.15) is 5.82 Å². The number of amides is 1. The lowest BCUT2D eigenvalue weighted by atomic mass is 10.1. The van der Waals surface area contributed by atoms with Crippen molar-refractivity contribution in [2.75, 3.05) is 32.6 Å². The van der Waals surface area contributed by atoms with Gasteiger partial charge in [0.15, 0.2) is 0 Å². The van der Waals surface area contributed by atoms with Gasteiger partial charge in [0.2, 0.25) is 0 Å². The summed E-state index contributed by atoms with van der Waals surface area (Å²) in [5, 5.41) is 10.2. The van der Waals surface area contributed by atoms with Gasteiger partial charge >= 0.3 is 0 Å². The molecule has 1 N–H and O–H groups in total. The highest BCUT2D eigenvalue weighted by atomic mass is 16.3. The lowest BCUT2D eigenvalue weighted by molar-refractivity contribution is 0.0827. The Labute approximate surface area is 137 Å². The van der Waals surface area contributed by atoms with Crippen molar-refractivity contribution in [2.45, 2.75) is 12.5 Å². The number of hydrogen-bond donors (Lipinski definition) is 1. The van der Waals surface area contributed by atoms with Crippen molar-refractivity contribution in [2.24, 2.45) is 0 Å². The van der Waals surface area contributed by atoms with E-state index in [0.29, 0.717) is 18.5 Å². The van der Waals surface area contributed by atoms with E-state index in [-0.39, 0.29) is 5.91 Å². The van der Waals surface area contributed by atoms with Gasteiger partial charge in [0, 0.05) is 33.9 Å². The predicted molar refractivity (Wildman–Crippen MR) is 91.5 cm³/mol. The van der Waals surface area contributed by atoms with Crippen LogP contribution < -0.4 is 4.90 Å². The van der Waals surface area contributed by atoms with E-state index in [1.807, 2.05) is 48.3 Å². The van der Waals surface area contributed by atoms with Gasteiger partial charge in [-0.05, 0) is 24.1 Å². The first-order valence-corrected chi connectivity index (χ1v) is 7.61. The van der Waals surface area contributed by atoms with Crippen molar-refractivity contribution in [1.82, 2.24) is 9.88 Å². The van der Waals surface area contributed by atoms with Crippen LogP contribution in [-0.2, 0) is 0 Å². The van der Waals surface area contributed by atoms with Crippen molar-refractivity contribution in [1.29, 1.82) is 0 Å². The summed E-state index contributed by atoms with van der Waals surface area (Å²) in [7, 11) is 5.36. The molecule has 0 aliphatic carbocycles. The van der Waals surface area contributed by atoms with Crippen LogP contribution >= 0.6 is 0 Å². The van der Waals surface area contributed by atoms with Crippen molar-refractivity contribution in [3.05, 3.63) is 59.8 Å². The molecule has 0 fully saturated rings. The van der Waals surface area contributed by atoms with Crippen LogP contribution in [0.25, 0.3) is 0 Å². The molecule has 0 aliphatic rings. The standard InChI is InChI=1S/C18H23N3O2/c1-20(2)18(23)15-9-10-17(19-13-15)21(3)12-11-16(22)14-7-5-4-6-8-14/h4-10,13,16,22H,11-12H2,1-3H3. The van der Waals surface area contributed by atoms with E-state index in [2.05, 4.69) is 4.98 Å². The van der Waals surface area contributed by atoms with E-state index in [0.717, 1.165) is 11.4 Å². The maximum Gasteiger partial charge on any atom is 0.254 e. The number of anilines is 1. The van der Waals surface area contributed by atoms with Crippen LogP contribution in [0, 0.1) is 0 Å². The number of pyridine rings is 1. The molecule has 122 valence electrons. The number of aromatic nitrogens is 1. The summed E-state index contributed by atoms with van der Waals surface area (Å²) >= 11 is 0. The van der Waals surface area contributed by atoms with E-state index in [1.54, 1.807) is 26.4 Å². The second kappa shape index (κ2) is 7.74. The first kappa shape index (κ1) is 17.0. The molecular formula is C18H23N3O2. The summed E-state index contributed by atoms with van der Waals surface area (Å²) in [5.74, 6) is 0.715. The van der Waals surface area contributed by atoms with E-state index in [4.69, 9.17) is 0 Å². The molecule has 1 aromatic heterocycles. The van der Waals surface area contributed by atoms with Crippen molar-refractivity contribution >= 4 is 11.7 Å². The van der Waals surface area contributed by atoms with Gasteiger partial charge in [-0.25, -0.2) is 4.98 Å². The van der Waals surface area contributed by atoms with Gasteiger partial charge in [-0.1, -0.05) is 30.3 Å². The molecule has 23 heavy (non-hydrogen) atoms. The summed E-state index contributed by atoms with van der Waals surface area (Å²) in [6.45, 7) is 0.671. The molecule has 5 nitrogen and oxygen atoms in total. The quantitative estimate of drug-likeness (QED) is 0.889. The number of rotatable bonds is 6. The van der Waals surface area contributed by atoms with Crippen molar-refractivity contribution in [3.63, 3.8) is 0 Å². The van der Waals surface area contributed by atoms with Crippen LogP contribution in [0.2, 0.25) is 0 Å². The first-order chi connectivity index (χ1) is 11.0. The van der Waals surface area contributed by atoms with Gasteiger partial charge in [-0.3, -0.25) is 4.79 Å². The van der Waals surface area contributed by atoms with Crippen molar-refractivity contribution in [3.8, 4) is 0 Å². The molecule has 0 saturated carbocycles. The molecule has 2 aromatic rings. The summed E-state index contributed by atoms with van der Waals surface area (Å²) in [5.41, 5.74) is 1.48. The Kier molecular flexibility index (Phi) is 5.71. The van der Waals surface area contributed by atoms with E-state index in [9.17, 15) is 9.90 Å². The Bertz CT molecular complexity index is 626. The van der Waals surface area contributed by atoms with Crippen molar-refractivity contribution < 1.29 is 9.90 Å². The number of carbonyl (C=O) groups is 1. The summed E-state index contributed by atoms with van der Waals surface area (Å²) < 4.78 is 0. The minimum absolute atomic E-state index is 0.0637. The SMILES string of the molecule is CN(C)C(=O)c1ccc(N(C)CCC(O)c2ccccc2)nc1.